The molecule has 0 unspecified atom stereocenters. The third-order valence-electron chi connectivity index (χ3n) is 2.46. The number of H-pyrrole nitrogens is 1. The highest BCUT2D eigenvalue weighted by molar-refractivity contribution is 6.38. The monoisotopic (exact) mass is 241 g/mol. The summed E-state index contributed by atoms with van der Waals surface area (Å²) in [6, 6.07) is 5.76. The minimum atomic E-state index is 0.0921. The van der Waals surface area contributed by atoms with Crippen molar-refractivity contribution in [1.82, 2.24) is 4.98 Å². The van der Waals surface area contributed by atoms with E-state index in [4.69, 9.17) is 23.2 Å². The van der Waals surface area contributed by atoms with Crippen LogP contribution in [0.4, 0.5) is 0 Å². The second-order valence-corrected chi connectivity index (χ2v) is 5.63. The minimum absolute atomic E-state index is 0.0921. The second-order valence-electron chi connectivity index (χ2n) is 4.78. The van der Waals surface area contributed by atoms with E-state index < -0.39 is 0 Å². The molecule has 0 bridgehead atoms. The first-order valence-electron chi connectivity index (χ1n) is 4.86. The molecule has 2 aromatic rings. The predicted molar refractivity (Wildman–Crippen MR) is 67.0 cm³/mol. The Bertz CT molecular complexity index is 506. The SMILES string of the molecule is CC(C)(C)c1cc2c(Cl)cc(Cl)cc2[nH]1. The lowest BCUT2D eigenvalue weighted by Gasteiger charge is -2.15. The van der Waals surface area contributed by atoms with Crippen LogP contribution in [0.25, 0.3) is 10.9 Å². The molecular formula is C12H13Cl2N. The molecule has 1 N–H and O–H groups in total. The summed E-state index contributed by atoms with van der Waals surface area (Å²) < 4.78 is 0. The van der Waals surface area contributed by atoms with E-state index in [9.17, 15) is 0 Å². The third kappa shape index (κ3) is 1.99. The molecule has 1 nitrogen and oxygen atoms in total. The molecule has 0 saturated carbocycles. The van der Waals surface area contributed by atoms with Gasteiger partial charge in [0.05, 0.1) is 5.02 Å². The molecular weight excluding hydrogens is 229 g/mol. The van der Waals surface area contributed by atoms with Crippen molar-refractivity contribution in [2.75, 3.05) is 0 Å². The molecule has 0 aliphatic rings. The van der Waals surface area contributed by atoms with Crippen molar-refractivity contribution in [3.63, 3.8) is 0 Å². The zero-order valence-electron chi connectivity index (χ0n) is 8.99. The highest BCUT2D eigenvalue weighted by atomic mass is 35.5. The molecule has 1 aromatic heterocycles. The summed E-state index contributed by atoms with van der Waals surface area (Å²) in [6.45, 7) is 6.48. The van der Waals surface area contributed by atoms with E-state index in [1.54, 1.807) is 6.07 Å². The van der Waals surface area contributed by atoms with E-state index in [1.165, 1.54) is 5.69 Å². The smallest absolute Gasteiger partial charge is 0.0514 e. The Morgan fingerprint density at radius 1 is 1.07 bits per heavy atom. The van der Waals surface area contributed by atoms with Crippen molar-refractivity contribution in [3.8, 4) is 0 Å². The van der Waals surface area contributed by atoms with Gasteiger partial charge in [-0.05, 0) is 18.2 Å². The molecule has 0 radical (unpaired) electrons. The largest absolute Gasteiger partial charge is 0.358 e. The maximum atomic E-state index is 6.12. The van der Waals surface area contributed by atoms with Crippen LogP contribution < -0.4 is 0 Å². The number of fused-ring (bicyclic) bond motifs is 1. The van der Waals surface area contributed by atoms with Gasteiger partial charge in [0, 0.05) is 27.0 Å². The van der Waals surface area contributed by atoms with Gasteiger partial charge in [-0.1, -0.05) is 44.0 Å². The average molecular weight is 242 g/mol. The summed E-state index contributed by atoms with van der Waals surface area (Å²) in [4.78, 5) is 3.35. The van der Waals surface area contributed by atoms with Gasteiger partial charge in [-0.25, -0.2) is 0 Å². The van der Waals surface area contributed by atoms with Gasteiger partial charge in [0.15, 0.2) is 0 Å². The lowest BCUT2D eigenvalue weighted by Crippen LogP contribution is -2.10. The van der Waals surface area contributed by atoms with Gasteiger partial charge >= 0.3 is 0 Å². The Kier molecular flexibility index (Phi) is 2.48. The van der Waals surface area contributed by atoms with E-state index in [-0.39, 0.29) is 5.41 Å². The maximum absolute atomic E-state index is 6.12. The van der Waals surface area contributed by atoms with Crippen LogP contribution in [0.15, 0.2) is 18.2 Å². The van der Waals surface area contributed by atoms with Gasteiger partial charge in [-0.3, -0.25) is 0 Å². The van der Waals surface area contributed by atoms with E-state index >= 15 is 0 Å². The Hall–Kier alpha value is -0.660. The molecule has 2 rings (SSSR count). The molecule has 0 fully saturated rings. The van der Waals surface area contributed by atoms with Crippen LogP contribution in [0.3, 0.4) is 0 Å². The van der Waals surface area contributed by atoms with Gasteiger partial charge in [0.25, 0.3) is 0 Å². The Morgan fingerprint density at radius 3 is 2.33 bits per heavy atom. The van der Waals surface area contributed by atoms with Crippen molar-refractivity contribution in [2.24, 2.45) is 0 Å². The van der Waals surface area contributed by atoms with Crippen LogP contribution in [0.5, 0.6) is 0 Å². The standard InChI is InChI=1S/C12H13Cl2N/c1-12(2,3)11-6-8-9(14)4-7(13)5-10(8)15-11/h4-6,15H,1-3H3. The van der Waals surface area contributed by atoms with Crippen molar-refractivity contribution in [2.45, 2.75) is 26.2 Å². The van der Waals surface area contributed by atoms with E-state index in [2.05, 4.69) is 31.8 Å². The van der Waals surface area contributed by atoms with Gasteiger partial charge in [-0.15, -0.1) is 0 Å². The van der Waals surface area contributed by atoms with E-state index in [1.807, 2.05) is 6.07 Å². The number of rotatable bonds is 0. The Labute approximate surface area is 99.4 Å². The summed E-state index contributed by atoms with van der Waals surface area (Å²) in [5, 5.41) is 2.39. The number of hydrogen-bond donors (Lipinski definition) is 1. The third-order valence-corrected chi connectivity index (χ3v) is 2.99. The number of nitrogens with one attached hydrogen (secondary N) is 1. The average Bonchev–Trinajstić information content (AvgIpc) is 2.46. The number of benzene rings is 1. The van der Waals surface area contributed by atoms with Gasteiger partial charge in [-0.2, -0.15) is 0 Å². The molecule has 0 saturated heterocycles. The highest BCUT2D eigenvalue weighted by Gasteiger charge is 2.17. The van der Waals surface area contributed by atoms with Crippen LogP contribution in [-0.4, -0.2) is 4.98 Å². The minimum Gasteiger partial charge on any atom is -0.358 e. The van der Waals surface area contributed by atoms with E-state index in [0.717, 1.165) is 10.9 Å². The number of aromatic nitrogens is 1. The summed E-state index contributed by atoms with van der Waals surface area (Å²) in [5.74, 6) is 0. The van der Waals surface area contributed by atoms with Gasteiger partial charge in [0.1, 0.15) is 0 Å². The topological polar surface area (TPSA) is 15.8 Å². The number of halogens is 2. The molecule has 1 heterocycles. The number of aromatic amines is 1. The second kappa shape index (κ2) is 3.43. The molecule has 15 heavy (non-hydrogen) atoms. The maximum Gasteiger partial charge on any atom is 0.0514 e. The highest BCUT2D eigenvalue weighted by Crippen LogP contribution is 2.32. The first-order chi connectivity index (χ1) is 6.88. The molecule has 0 aliphatic heterocycles. The zero-order valence-corrected chi connectivity index (χ0v) is 10.5. The van der Waals surface area contributed by atoms with Crippen molar-refractivity contribution in [3.05, 3.63) is 33.9 Å². The Morgan fingerprint density at radius 2 is 1.73 bits per heavy atom. The van der Waals surface area contributed by atoms with Crippen LogP contribution >= 0.6 is 23.2 Å². The fourth-order valence-corrected chi connectivity index (χ4v) is 2.11. The van der Waals surface area contributed by atoms with Crippen LogP contribution in [0.2, 0.25) is 10.0 Å². The molecule has 0 aliphatic carbocycles. The molecule has 3 heteroatoms. The fourth-order valence-electron chi connectivity index (χ4n) is 1.56. The first-order valence-corrected chi connectivity index (χ1v) is 5.62. The van der Waals surface area contributed by atoms with Crippen molar-refractivity contribution in [1.29, 1.82) is 0 Å². The lowest BCUT2D eigenvalue weighted by atomic mass is 9.92. The zero-order chi connectivity index (χ0) is 11.2. The van der Waals surface area contributed by atoms with Crippen LogP contribution in [-0.2, 0) is 5.41 Å². The lowest BCUT2D eigenvalue weighted by molar-refractivity contribution is 0.574. The summed E-state index contributed by atoms with van der Waals surface area (Å²) >= 11 is 12.1. The van der Waals surface area contributed by atoms with Crippen molar-refractivity contribution >= 4 is 34.1 Å². The summed E-state index contributed by atoms with van der Waals surface area (Å²) in [5.41, 5.74) is 2.26. The number of hydrogen-bond acceptors (Lipinski definition) is 0. The first kappa shape index (κ1) is 10.8. The van der Waals surface area contributed by atoms with Crippen molar-refractivity contribution < 1.29 is 0 Å². The normalized spacial score (nSPS) is 12.3. The molecule has 0 spiro atoms. The molecule has 0 amide bonds. The molecule has 1 aromatic carbocycles. The quantitative estimate of drug-likeness (QED) is 0.684. The van der Waals surface area contributed by atoms with Crippen LogP contribution in [0, 0.1) is 0 Å². The Balaban J connectivity index is 2.71. The molecule has 0 atom stereocenters. The van der Waals surface area contributed by atoms with E-state index in [0.29, 0.717) is 10.0 Å². The molecule has 80 valence electrons. The van der Waals surface area contributed by atoms with Gasteiger partial charge in [0.2, 0.25) is 0 Å². The predicted octanol–water partition coefficient (Wildman–Crippen LogP) is 4.77. The summed E-state index contributed by atoms with van der Waals surface area (Å²) in [6.07, 6.45) is 0. The van der Waals surface area contributed by atoms with Gasteiger partial charge < -0.3 is 4.98 Å². The fraction of sp³-hybridized carbons (Fsp3) is 0.333. The van der Waals surface area contributed by atoms with Crippen LogP contribution in [0.1, 0.15) is 26.5 Å². The summed E-state index contributed by atoms with van der Waals surface area (Å²) in [7, 11) is 0.